The number of aliphatic hydroxyl groups excluding tert-OH is 1. The van der Waals surface area contributed by atoms with Crippen LogP contribution in [-0.2, 0) is 5.54 Å². The second kappa shape index (κ2) is 14.0. The highest BCUT2D eigenvalue weighted by Crippen LogP contribution is 2.31. The number of piperazine rings is 1. The molecule has 47 heavy (non-hydrogen) atoms. The second-order valence-electron chi connectivity index (χ2n) is 13.0. The van der Waals surface area contributed by atoms with Crippen LogP contribution in [0.2, 0.25) is 0 Å². The lowest BCUT2D eigenvalue weighted by Crippen LogP contribution is -2.53. The number of aliphatic hydroxyl groups is 1. The SMILES string of the molecule is CC(C)(c1ccc(-c2cnc(N)c(C(=O)N[C@@H]3CCN(C(=O)c4ccc(-c5ccccc5)cc4)C3)c2)cc1)N1CCN(CCO)CC1. The Morgan fingerprint density at radius 1 is 0.872 bits per heavy atom. The maximum absolute atomic E-state index is 13.4. The van der Waals surface area contributed by atoms with Crippen LogP contribution < -0.4 is 11.1 Å². The minimum atomic E-state index is -0.290. The molecule has 2 saturated heterocycles. The van der Waals surface area contributed by atoms with Crippen molar-refractivity contribution in [2.24, 2.45) is 0 Å². The van der Waals surface area contributed by atoms with E-state index in [0.717, 1.165) is 55.0 Å². The Hall–Kier alpha value is -4.57. The van der Waals surface area contributed by atoms with Gasteiger partial charge in [0, 0.05) is 74.7 Å². The monoisotopic (exact) mass is 632 g/mol. The van der Waals surface area contributed by atoms with Crippen LogP contribution >= 0.6 is 0 Å². The number of hydrogen-bond acceptors (Lipinski definition) is 7. The molecule has 2 aliphatic heterocycles. The third kappa shape index (κ3) is 7.22. The van der Waals surface area contributed by atoms with E-state index < -0.39 is 0 Å². The van der Waals surface area contributed by atoms with Crippen LogP contribution in [0.15, 0.2) is 91.1 Å². The zero-order valence-corrected chi connectivity index (χ0v) is 27.2. The number of carbonyl (C=O) groups is 2. The van der Waals surface area contributed by atoms with Gasteiger partial charge in [0.15, 0.2) is 0 Å². The number of likely N-dealkylation sites (tertiary alicyclic amines) is 1. The van der Waals surface area contributed by atoms with E-state index in [0.29, 0.717) is 30.6 Å². The molecular weight excluding hydrogens is 588 g/mol. The number of aromatic nitrogens is 1. The molecule has 6 rings (SSSR count). The van der Waals surface area contributed by atoms with Gasteiger partial charge in [0.05, 0.1) is 12.2 Å². The van der Waals surface area contributed by atoms with E-state index in [1.165, 1.54) is 5.56 Å². The number of anilines is 1. The van der Waals surface area contributed by atoms with Crippen LogP contribution in [0.25, 0.3) is 22.3 Å². The summed E-state index contributed by atoms with van der Waals surface area (Å²) in [6.45, 7) is 10.2. The molecule has 2 amide bonds. The van der Waals surface area contributed by atoms with Crippen LogP contribution in [0.5, 0.6) is 0 Å². The van der Waals surface area contributed by atoms with E-state index in [2.05, 4.69) is 58.2 Å². The van der Waals surface area contributed by atoms with Gasteiger partial charge < -0.3 is 21.1 Å². The summed E-state index contributed by atoms with van der Waals surface area (Å²) in [7, 11) is 0. The molecule has 0 spiro atoms. The third-order valence-corrected chi connectivity index (χ3v) is 9.72. The van der Waals surface area contributed by atoms with E-state index >= 15 is 0 Å². The van der Waals surface area contributed by atoms with E-state index in [-0.39, 0.29) is 35.8 Å². The third-order valence-electron chi connectivity index (χ3n) is 9.72. The van der Waals surface area contributed by atoms with Gasteiger partial charge in [-0.1, -0.05) is 66.7 Å². The molecule has 0 bridgehead atoms. The molecule has 2 fully saturated rings. The van der Waals surface area contributed by atoms with Gasteiger partial charge in [-0.05, 0) is 60.7 Å². The Balaban J connectivity index is 1.07. The summed E-state index contributed by atoms with van der Waals surface area (Å²) in [6, 6.07) is 27.8. The molecule has 1 aromatic heterocycles. The van der Waals surface area contributed by atoms with Crippen molar-refractivity contribution in [3.05, 3.63) is 108 Å². The highest BCUT2D eigenvalue weighted by atomic mass is 16.3. The molecule has 0 saturated carbocycles. The van der Waals surface area contributed by atoms with Gasteiger partial charge in [0.25, 0.3) is 11.8 Å². The Bertz CT molecular complexity index is 1680. The fourth-order valence-electron chi connectivity index (χ4n) is 6.68. The topological polar surface area (TPSA) is 115 Å². The number of nitrogens with zero attached hydrogens (tertiary/aromatic N) is 4. The lowest BCUT2D eigenvalue weighted by atomic mass is 9.90. The van der Waals surface area contributed by atoms with Gasteiger partial charge in [-0.15, -0.1) is 0 Å². The number of amides is 2. The first-order valence-corrected chi connectivity index (χ1v) is 16.4. The molecule has 0 radical (unpaired) electrons. The van der Waals surface area contributed by atoms with Gasteiger partial charge in [0.1, 0.15) is 5.82 Å². The number of pyridine rings is 1. The van der Waals surface area contributed by atoms with Crippen LogP contribution in [0.3, 0.4) is 0 Å². The highest BCUT2D eigenvalue weighted by molar-refractivity contribution is 6.00. The van der Waals surface area contributed by atoms with Gasteiger partial charge in [-0.3, -0.25) is 19.4 Å². The highest BCUT2D eigenvalue weighted by Gasteiger charge is 2.32. The number of hydrogen-bond donors (Lipinski definition) is 3. The largest absolute Gasteiger partial charge is 0.395 e. The maximum Gasteiger partial charge on any atom is 0.255 e. The first-order valence-electron chi connectivity index (χ1n) is 16.4. The van der Waals surface area contributed by atoms with Crippen LogP contribution in [0.4, 0.5) is 5.82 Å². The zero-order chi connectivity index (χ0) is 33.0. The summed E-state index contributed by atoms with van der Waals surface area (Å²) in [5.74, 6) is -0.157. The minimum absolute atomic E-state index is 0.0416. The van der Waals surface area contributed by atoms with E-state index in [1.54, 1.807) is 17.2 Å². The molecule has 3 aromatic carbocycles. The Labute approximate surface area is 277 Å². The van der Waals surface area contributed by atoms with E-state index in [1.807, 2.05) is 54.6 Å². The molecule has 3 heterocycles. The average Bonchev–Trinajstić information content (AvgIpc) is 3.57. The molecule has 244 valence electrons. The molecule has 0 unspecified atom stereocenters. The zero-order valence-electron chi connectivity index (χ0n) is 27.2. The van der Waals surface area contributed by atoms with Crippen molar-refractivity contribution in [3.63, 3.8) is 0 Å². The predicted octanol–water partition coefficient (Wildman–Crippen LogP) is 4.49. The molecule has 2 aliphatic rings. The van der Waals surface area contributed by atoms with E-state index in [9.17, 15) is 14.7 Å². The smallest absolute Gasteiger partial charge is 0.255 e. The number of benzene rings is 3. The van der Waals surface area contributed by atoms with Crippen LogP contribution in [0.1, 0.15) is 46.5 Å². The summed E-state index contributed by atoms with van der Waals surface area (Å²) in [5.41, 5.74) is 12.1. The number of β-amino-alcohol motifs (C(OH)–C–C–N with tert-alkyl or cyclic N) is 1. The number of nitrogens with one attached hydrogen (secondary N) is 1. The van der Waals surface area contributed by atoms with Gasteiger partial charge in [-0.2, -0.15) is 0 Å². The van der Waals surface area contributed by atoms with Gasteiger partial charge >= 0.3 is 0 Å². The Morgan fingerprint density at radius 3 is 2.19 bits per heavy atom. The molecule has 9 heteroatoms. The van der Waals surface area contributed by atoms with Crippen molar-refractivity contribution in [2.75, 3.05) is 58.2 Å². The van der Waals surface area contributed by atoms with Crippen molar-refractivity contribution in [1.29, 1.82) is 0 Å². The standard InChI is InChI=1S/C38H44N6O3/c1-38(2,44-20-18-42(19-21-44)22-23-45)32-14-12-29(13-15-32)31-24-34(35(39)40-25-31)36(46)41-33-16-17-43(26-33)37(47)30-10-8-28(9-11-30)27-6-4-3-5-7-27/h3-15,24-25,33,45H,16-23,26H2,1-2H3,(H2,39,40)(H,41,46)/t33-/m1/s1. The van der Waals surface area contributed by atoms with Crippen molar-refractivity contribution < 1.29 is 14.7 Å². The second-order valence-corrected chi connectivity index (χ2v) is 13.0. The molecule has 9 nitrogen and oxygen atoms in total. The normalized spacial score (nSPS) is 17.5. The number of carbonyl (C=O) groups excluding carboxylic acids is 2. The predicted molar refractivity (Wildman–Crippen MR) is 186 cm³/mol. The minimum Gasteiger partial charge on any atom is -0.395 e. The Kier molecular flexibility index (Phi) is 9.68. The lowest BCUT2D eigenvalue weighted by Gasteiger charge is -2.44. The molecule has 1 atom stereocenters. The summed E-state index contributed by atoms with van der Waals surface area (Å²) < 4.78 is 0. The van der Waals surface area contributed by atoms with Crippen molar-refractivity contribution in [2.45, 2.75) is 31.8 Å². The van der Waals surface area contributed by atoms with Crippen LogP contribution in [0, 0.1) is 0 Å². The molecular formula is C38H44N6O3. The molecule has 4 N–H and O–H groups in total. The summed E-state index contributed by atoms with van der Waals surface area (Å²) in [6.07, 6.45) is 2.37. The average molecular weight is 633 g/mol. The van der Waals surface area contributed by atoms with Gasteiger partial charge in [-0.25, -0.2) is 4.98 Å². The van der Waals surface area contributed by atoms with E-state index in [4.69, 9.17) is 5.73 Å². The first-order chi connectivity index (χ1) is 22.7. The van der Waals surface area contributed by atoms with Crippen molar-refractivity contribution >= 4 is 17.6 Å². The fourth-order valence-corrected chi connectivity index (χ4v) is 6.68. The van der Waals surface area contributed by atoms with Crippen molar-refractivity contribution in [1.82, 2.24) is 25.0 Å². The fraction of sp³-hybridized carbons (Fsp3) is 0.342. The summed E-state index contributed by atoms with van der Waals surface area (Å²) >= 11 is 0. The Morgan fingerprint density at radius 2 is 1.51 bits per heavy atom. The first kappa shape index (κ1) is 32.4. The number of nitrogen functional groups attached to an aromatic ring is 1. The lowest BCUT2D eigenvalue weighted by molar-refractivity contribution is 0.0440. The maximum atomic E-state index is 13.4. The van der Waals surface area contributed by atoms with Crippen molar-refractivity contribution in [3.8, 4) is 22.3 Å². The van der Waals surface area contributed by atoms with Gasteiger partial charge in [0.2, 0.25) is 0 Å². The molecule has 4 aromatic rings. The molecule has 0 aliphatic carbocycles. The van der Waals surface area contributed by atoms with Crippen LogP contribution in [-0.4, -0.2) is 95.1 Å². The number of rotatable bonds is 9. The quantitative estimate of drug-likeness (QED) is 0.249. The summed E-state index contributed by atoms with van der Waals surface area (Å²) in [5, 5.41) is 12.3. The summed E-state index contributed by atoms with van der Waals surface area (Å²) in [4.78, 5) is 37.6. The number of nitrogens with two attached hydrogens (primary N) is 1.